The maximum Gasteiger partial charge on any atom is 0.339 e. The highest BCUT2D eigenvalue weighted by molar-refractivity contribution is 6.04. The standard InChI is InChI=1S/C20H21NO5/c1-12-10-17(13(2)21(12)14-8-9-14)18(22)11-26-20(24)16-7-5-4-6-15(16)19(23)25-3/h4-7,10,14H,8-9,11H2,1-3H3. The first-order chi connectivity index (χ1) is 12.4. The summed E-state index contributed by atoms with van der Waals surface area (Å²) in [4.78, 5) is 36.6. The van der Waals surface area contributed by atoms with E-state index in [9.17, 15) is 14.4 Å². The summed E-state index contributed by atoms with van der Waals surface area (Å²) in [6.45, 7) is 3.51. The van der Waals surface area contributed by atoms with Crippen LogP contribution in [0.4, 0.5) is 0 Å². The van der Waals surface area contributed by atoms with Crippen LogP contribution in [0.2, 0.25) is 0 Å². The molecule has 0 bridgehead atoms. The third-order valence-corrected chi connectivity index (χ3v) is 4.58. The fraction of sp³-hybridized carbons (Fsp3) is 0.350. The maximum absolute atomic E-state index is 12.5. The van der Waals surface area contributed by atoms with Crippen LogP contribution in [-0.4, -0.2) is 36.0 Å². The molecule has 0 saturated heterocycles. The molecule has 0 atom stereocenters. The van der Waals surface area contributed by atoms with Gasteiger partial charge >= 0.3 is 11.9 Å². The Hall–Kier alpha value is -2.89. The second kappa shape index (κ2) is 7.15. The van der Waals surface area contributed by atoms with E-state index in [0.29, 0.717) is 11.6 Å². The Balaban J connectivity index is 1.72. The van der Waals surface area contributed by atoms with E-state index in [1.54, 1.807) is 12.1 Å². The summed E-state index contributed by atoms with van der Waals surface area (Å²) in [6.07, 6.45) is 2.26. The molecule has 136 valence electrons. The number of aryl methyl sites for hydroxylation is 1. The topological polar surface area (TPSA) is 74.6 Å². The zero-order chi connectivity index (χ0) is 18.8. The van der Waals surface area contributed by atoms with Crippen molar-refractivity contribution >= 4 is 17.7 Å². The first kappa shape index (κ1) is 17.9. The van der Waals surface area contributed by atoms with E-state index < -0.39 is 11.9 Å². The third kappa shape index (κ3) is 3.40. The number of Topliss-reactive ketones (excluding diaryl/α,β-unsaturated/α-hetero) is 1. The second-order valence-corrected chi connectivity index (χ2v) is 6.42. The van der Waals surface area contributed by atoms with Crippen LogP contribution in [0.3, 0.4) is 0 Å². The van der Waals surface area contributed by atoms with Crippen molar-refractivity contribution in [2.75, 3.05) is 13.7 Å². The normalized spacial score (nSPS) is 13.3. The van der Waals surface area contributed by atoms with Crippen LogP contribution >= 0.6 is 0 Å². The number of ketones is 1. The van der Waals surface area contributed by atoms with Gasteiger partial charge in [-0.1, -0.05) is 12.1 Å². The van der Waals surface area contributed by atoms with Crippen molar-refractivity contribution in [2.24, 2.45) is 0 Å². The molecule has 0 aliphatic heterocycles. The van der Waals surface area contributed by atoms with Gasteiger partial charge < -0.3 is 14.0 Å². The van der Waals surface area contributed by atoms with E-state index >= 15 is 0 Å². The molecule has 1 aliphatic rings. The van der Waals surface area contributed by atoms with Gasteiger partial charge in [0, 0.05) is 23.0 Å². The molecule has 0 N–H and O–H groups in total. The number of aromatic nitrogens is 1. The lowest BCUT2D eigenvalue weighted by Gasteiger charge is -2.09. The fourth-order valence-corrected chi connectivity index (χ4v) is 3.19. The predicted octanol–water partition coefficient (Wildman–Crippen LogP) is 3.27. The third-order valence-electron chi connectivity index (χ3n) is 4.58. The van der Waals surface area contributed by atoms with Crippen molar-refractivity contribution < 1.29 is 23.9 Å². The first-order valence-electron chi connectivity index (χ1n) is 8.50. The number of ether oxygens (including phenoxy) is 2. The van der Waals surface area contributed by atoms with Crippen molar-refractivity contribution in [3.63, 3.8) is 0 Å². The molecular formula is C20H21NO5. The van der Waals surface area contributed by atoms with Crippen molar-refractivity contribution in [2.45, 2.75) is 32.7 Å². The average Bonchev–Trinajstić information content (AvgIpc) is 3.43. The van der Waals surface area contributed by atoms with E-state index in [2.05, 4.69) is 9.30 Å². The Kier molecular flexibility index (Phi) is 4.93. The van der Waals surface area contributed by atoms with E-state index in [0.717, 1.165) is 24.2 Å². The van der Waals surface area contributed by atoms with E-state index in [-0.39, 0.29) is 23.5 Å². The maximum atomic E-state index is 12.5. The Morgan fingerprint density at radius 1 is 1.04 bits per heavy atom. The number of carbonyl (C=O) groups excluding carboxylic acids is 3. The molecule has 0 radical (unpaired) electrons. The van der Waals surface area contributed by atoms with Crippen LogP contribution in [-0.2, 0) is 9.47 Å². The van der Waals surface area contributed by atoms with Gasteiger partial charge in [-0.2, -0.15) is 0 Å². The minimum Gasteiger partial charge on any atom is -0.465 e. The van der Waals surface area contributed by atoms with Gasteiger partial charge in [0.25, 0.3) is 0 Å². The summed E-state index contributed by atoms with van der Waals surface area (Å²) >= 11 is 0. The second-order valence-electron chi connectivity index (χ2n) is 6.42. The number of carbonyl (C=O) groups is 3. The molecule has 26 heavy (non-hydrogen) atoms. The van der Waals surface area contributed by atoms with Crippen LogP contribution < -0.4 is 0 Å². The van der Waals surface area contributed by atoms with Crippen molar-refractivity contribution in [3.8, 4) is 0 Å². The number of nitrogens with zero attached hydrogens (tertiary/aromatic N) is 1. The molecule has 2 aromatic rings. The van der Waals surface area contributed by atoms with Gasteiger partial charge in [-0.15, -0.1) is 0 Å². The number of benzene rings is 1. The largest absolute Gasteiger partial charge is 0.465 e. The van der Waals surface area contributed by atoms with Crippen molar-refractivity contribution in [3.05, 3.63) is 58.4 Å². The molecule has 0 unspecified atom stereocenters. The molecule has 0 spiro atoms. The molecule has 1 heterocycles. The highest BCUT2D eigenvalue weighted by atomic mass is 16.5. The van der Waals surface area contributed by atoms with Gasteiger partial charge in [0.2, 0.25) is 5.78 Å². The average molecular weight is 355 g/mol. The van der Waals surface area contributed by atoms with Gasteiger partial charge in [-0.3, -0.25) is 4.79 Å². The summed E-state index contributed by atoms with van der Waals surface area (Å²) < 4.78 is 12.0. The molecule has 0 amide bonds. The number of hydrogen-bond donors (Lipinski definition) is 0. The molecular weight excluding hydrogens is 334 g/mol. The molecule has 1 saturated carbocycles. The van der Waals surface area contributed by atoms with Crippen molar-refractivity contribution in [1.82, 2.24) is 4.57 Å². The molecule has 1 aliphatic carbocycles. The minimum absolute atomic E-state index is 0.0793. The van der Waals surface area contributed by atoms with Gasteiger partial charge in [-0.05, 0) is 44.9 Å². The summed E-state index contributed by atoms with van der Waals surface area (Å²) in [7, 11) is 1.24. The highest BCUT2D eigenvalue weighted by Gasteiger charge is 2.28. The predicted molar refractivity (Wildman–Crippen MR) is 94.6 cm³/mol. The Bertz CT molecular complexity index is 876. The first-order valence-corrected chi connectivity index (χ1v) is 8.50. The van der Waals surface area contributed by atoms with Crippen molar-refractivity contribution in [1.29, 1.82) is 0 Å². The van der Waals surface area contributed by atoms with Gasteiger partial charge in [0.1, 0.15) is 0 Å². The Morgan fingerprint density at radius 2 is 1.65 bits per heavy atom. The Labute approximate surface area is 151 Å². The lowest BCUT2D eigenvalue weighted by Crippen LogP contribution is -2.17. The monoisotopic (exact) mass is 355 g/mol. The Morgan fingerprint density at radius 3 is 2.23 bits per heavy atom. The number of methoxy groups -OCH3 is 1. The van der Waals surface area contributed by atoms with E-state index in [4.69, 9.17) is 4.74 Å². The molecule has 3 rings (SSSR count). The van der Waals surface area contributed by atoms with Crippen LogP contribution in [0.15, 0.2) is 30.3 Å². The van der Waals surface area contributed by atoms with Crippen LogP contribution in [0.1, 0.15) is 61.3 Å². The lowest BCUT2D eigenvalue weighted by atomic mass is 10.1. The number of esters is 2. The minimum atomic E-state index is -0.727. The fourth-order valence-electron chi connectivity index (χ4n) is 3.19. The molecule has 6 heteroatoms. The summed E-state index contributed by atoms with van der Waals surface area (Å²) in [6, 6.07) is 8.51. The zero-order valence-corrected chi connectivity index (χ0v) is 15.1. The summed E-state index contributed by atoms with van der Waals surface area (Å²) in [5.41, 5.74) is 2.70. The van der Waals surface area contributed by atoms with Crippen LogP contribution in [0.5, 0.6) is 0 Å². The molecule has 1 aromatic heterocycles. The zero-order valence-electron chi connectivity index (χ0n) is 15.1. The number of hydrogen-bond acceptors (Lipinski definition) is 5. The summed E-state index contributed by atoms with van der Waals surface area (Å²) in [5, 5.41) is 0. The van der Waals surface area contributed by atoms with E-state index in [1.165, 1.54) is 19.2 Å². The van der Waals surface area contributed by atoms with Gasteiger partial charge in [-0.25, -0.2) is 9.59 Å². The lowest BCUT2D eigenvalue weighted by molar-refractivity contribution is 0.0463. The van der Waals surface area contributed by atoms with Crippen LogP contribution in [0, 0.1) is 13.8 Å². The highest BCUT2D eigenvalue weighted by Crippen LogP contribution is 2.38. The molecule has 1 aromatic carbocycles. The van der Waals surface area contributed by atoms with Gasteiger partial charge in [0.15, 0.2) is 6.61 Å². The molecule has 6 nitrogen and oxygen atoms in total. The summed E-state index contributed by atoms with van der Waals surface area (Å²) in [5.74, 6) is -1.61. The van der Waals surface area contributed by atoms with Crippen LogP contribution in [0.25, 0.3) is 0 Å². The smallest absolute Gasteiger partial charge is 0.339 e. The number of rotatable bonds is 6. The van der Waals surface area contributed by atoms with Gasteiger partial charge in [0.05, 0.1) is 18.2 Å². The molecule has 1 fully saturated rings. The van der Waals surface area contributed by atoms with E-state index in [1.807, 2.05) is 19.9 Å². The SMILES string of the molecule is COC(=O)c1ccccc1C(=O)OCC(=O)c1cc(C)n(C2CC2)c1C. The quantitative estimate of drug-likeness (QED) is 0.587.